The van der Waals surface area contributed by atoms with Crippen molar-refractivity contribution >= 4 is 36.6 Å². The van der Waals surface area contributed by atoms with Gasteiger partial charge in [-0.2, -0.15) is 4.98 Å². The molecule has 2 fully saturated rings. The van der Waals surface area contributed by atoms with E-state index in [9.17, 15) is 8.78 Å². The summed E-state index contributed by atoms with van der Waals surface area (Å²) in [7, 11) is 0. The second-order valence-electron chi connectivity index (χ2n) is 11.0. The van der Waals surface area contributed by atoms with Crippen LogP contribution in [0, 0.1) is 17.6 Å². The van der Waals surface area contributed by atoms with E-state index in [0.29, 0.717) is 43.6 Å². The molecule has 2 aromatic heterocycles. The molecule has 0 unspecified atom stereocenters. The van der Waals surface area contributed by atoms with Gasteiger partial charge in [0.15, 0.2) is 5.82 Å². The number of aromatic nitrogens is 3. The van der Waals surface area contributed by atoms with E-state index in [-0.39, 0.29) is 42.7 Å². The zero-order valence-corrected chi connectivity index (χ0v) is 25.2. The van der Waals surface area contributed by atoms with Gasteiger partial charge in [0, 0.05) is 44.1 Å². The van der Waals surface area contributed by atoms with Crippen LogP contribution < -0.4 is 20.3 Å². The summed E-state index contributed by atoms with van der Waals surface area (Å²) in [4.78, 5) is 13.4. The van der Waals surface area contributed by atoms with Gasteiger partial charge in [-0.05, 0) is 73.9 Å². The summed E-state index contributed by atoms with van der Waals surface area (Å²) in [6, 6.07) is 7.77. The molecule has 0 radical (unpaired) electrons. The van der Waals surface area contributed by atoms with Crippen molar-refractivity contribution in [3.63, 3.8) is 0 Å². The normalized spacial score (nSPS) is 19.6. The van der Waals surface area contributed by atoms with Gasteiger partial charge >= 0.3 is 6.01 Å². The van der Waals surface area contributed by atoms with Crippen LogP contribution in [0.4, 0.5) is 20.6 Å². The van der Waals surface area contributed by atoms with Crippen molar-refractivity contribution in [2.24, 2.45) is 11.7 Å². The lowest BCUT2D eigenvalue weighted by atomic mass is 9.85. The highest BCUT2D eigenvalue weighted by Crippen LogP contribution is 2.32. The maximum Gasteiger partial charge on any atom is 0.324 e. The maximum atomic E-state index is 14.3. The Morgan fingerprint density at radius 1 is 1.05 bits per heavy atom. The lowest BCUT2D eigenvalue weighted by Gasteiger charge is -2.37. The molecule has 0 saturated carbocycles. The van der Waals surface area contributed by atoms with Crippen LogP contribution in [0.3, 0.4) is 0 Å². The summed E-state index contributed by atoms with van der Waals surface area (Å²) in [5.41, 5.74) is 6.74. The molecule has 226 valence electrons. The molecule has 4 heterocycles. The van der Waals surface area contributed by atoms with Gasteiger partial charge in [-0.3, -0.25) is 0 Å². The fraction of sp³-hybridized carbons (Fsp3) is 0.552. The Morgan fingerprint density at radius 2 is 1.80 bits per heavy atom. The average Bonchev–Trinajstić information content (AvgIpc) is 3.44. The van der Waals surface area contributed by atoms with E-state index in [0.717, 1.165) is 62.2 Å². The van der Waals surface area contributed by atoms with E-state index in [1.54, 1.807) is 6.20 Å². The second kappa shape index (κ2) is 15.0. The first-order valence-electron chi connectivity index (χ1n) is 14.0. The zero-order valence-electron chi connectivity index (χ0n) is 23.5. The second-order valence-corrected chi connectivity index (χ2v) is 11.0. The first-order chi connectivity index (χ1) is 18.9. The van der Waals surface area contributed by atoms with Crippen LogP contribution in [0.25, 0.3) is 0 Å². The van der Waals surface area contributed by atoms with Gasteiger partial charge in [0.1, 0.15) is 23.2 Å². The first-order valence-corrected chi connectivity index (χ1v) is 14.0. The van der Waals surface area contributed by atoms with Crippen molar-refractivity contribution in [3.8, 4) is 5.75 Å². The lowest BCUT2D eigenvalue weighted by molar-refractivity contribution is 0.275. The van der Waals surface area contributed by atoms with E-state index in [1.807, 2.05) is 12.1 Å². The Kier molecular flexibility index (Phi) is 12.0. The number of pyridine rings is 1. The van der Waals surface area contributed by atoms with Crippen LogP contribution in [0.1, 0.15) is 69.2 Å². The van der Waals surface area contributed by atoms with Gasteiger partial charge in [0.25, 0.3) is 0 Å². The molecule has 41 heavy (non-hydrogen) atoms. The molecule has 5 rings (SSSR count). The number of ether oxygens (including phenoxy) is 1. The maximum absolute atomic E-state index is 14.3. The van der Waals surface area contributed by atoms with E-state index in [4.69, 9.17) is 15.0 Å². The Hall–Kier alpha value is -2.69. The highest BCUT2D eigenvalue weighted by molar-refractivity contribution is 5.85. The molecule has 0 aliphatic carbocycles. The zero-order chi connectivity index (χ0) is 27.4. The highest BCUT2D eigenvalue weighted by Gasteiger charge is 2.30. The smallest absolute Gasteiger partial charge is 0.324 e. The van der Waals surface area contributed by atoms with Crippen LogP contribution in [-0.2, 0) is 0 Å². The summed E-state index contributed by atoms with van der Waals surface area (Å²) in [6.45, 7) is 7.85. The summed E-state index contributed by atoms with van der Waals surface area (Å²) < 4.78 is 39.3. The third-order valence-electron chi connectivity index (χ3n) is 7.92. The number of benzene rings is 1. The Balaban J connectivity index is 0.00000231. The molecule has 2 saturated heterocycles. The van der Waals surface area contributed by atoms with Crippen LogP contribution in [0.5, 0.6) is 5.75 Å². The van der Waals surface area contributed by atoms with Gasteiger partial charge in [0.05, 0.1) is 12.8 Å². The molecule has 12 heteroatoms. The SMILES string of the molecule is CC(C)c1noc(N2CCC(CCCOc3ccc(N4CC[C@H](c5cc(F)ccc5F)[C@@H](N)C4)nc3)CC2)n1.Cl.Cl. The fourth-order valence-electron chi connectivity index (χ4n) is 5.58. The quantitative estimate of drug-likeness (QED) is 0.289. The number of piperidine rings is 2. The molecule has 2 aliphatic heterocycles. The molecular weight excluding hydrogens is 573 g/mol. The van der Waals surface area contributed by atoms with E-state index < -0.39 is 11.6 Å². The van der Waals surface area contributed by atoms with E-state index in [1.165, 1.54) is 12.1 Å². The monoisotopic (exact) mass is 612 g/mol. The molecule has 2 aliphatic rings. The molecule has 0 amide bonds. The summed E-state index contributed by atoms with van der Waals surface area (Å²) in [5, 5.41) is 4.07. The molecular formula is C29H40Cl2F2N6O2. The van der Waals surface area contributed by atoms with Crippen LogP contribution in [-0.4, -0.2) is 54.0 Å². The largest absolute Gasteiger partial charge is 0.492 e. The lowest BCUT2D eigenvalue weighted by Crippen LogP contribution is -2.48. The van der Waals surface area contributed by atoms with Crippen molar-refractivity contribution < 1.29 is 18.0 Å². The van der Waals surface area contributed by atoms with Crippen LogP contribution >= 0.6 is 24.8 Å². The molecule has 0 bridgehead atoms. The summed E-state index contributed by atoms with van der Waals surface area (Å²) >= 11 is 0. The number of nitrogens with two attached hydrogens (primary N) is 1. The summed E-state index contributed by atoms with van der Waals surface area (Å²) in [6.07, 6.45) is 6.71. The minimum atomic E-state index is -0.441. The molecule has 0 spiro atoms. The minimum Gasteiger partial charge on any atom is -0.492 e. The Labute approximate surface area is 252 Å². The molecule has 2 atom stereocenters. The van der Waals surface area contributed by atoms with E-state index in [2.05, 4.69) is 38.8 Å². The number of hydrogen-bond acceptors (Lipinski definition) is 8. The minimum absolute atomic E-state index is 0. The predicted octanol–water partition coefficient (Wildman–Crippen LogP) is 6.11. The average molecular weight is 614 g/mol. The summed E-state index contributed by atoms with van der Waals surface area (Å²) in [5.74, 6) is 2.19. The Bertz CT molecular complexity index is 1220. The highest BCUT2D eigenvalue weighted by atomic mass is 35.5. The first kappa shape index (κ1) is 32.8. The van der Waals surface area contributed by atoms with Gasteiger partial charge in [-0.15, -0.1) is 24.8 Å². The molecule has 3 aromatic rings. The van der Waals surface area contributed by atoms with Gasteiger partial charge in [0.2, 0.25) is 0 Å². The van der Waals surface area contributed by atoms with Crippen LogP contribution in [0.2, 0.25) is 0 Å². The fourth-order valence-corrected chi connectivity index (χ4v) is 5.58. The van der Waals surface area contributed by atoms with Crippen LogP contribution in [0.15, 0.2) is 41.1 Å². The molecule has 8 nitrogen and oxygen atoms in total. The van der Waals surface area contributed by atoms with Crippen molar-refractivity contribution in [2.45, 2.75) is 63.8 Å². The number of nitrogens with zero attached hydrogens (tertiary/aromatic N) is 5. The third-order valence-corrected chi connectivity index (χ3v) is 7.92. The van der Waals surface area contributed by atoms with Gasteiger partial charge in [-0.1, -0.05) is 19.0 Å². The van der Waals surface area contributed by atoms with Crippen molar-refractivity contribution in [3.05, 3.63) is 59.6 Å². The topological polar surface area (TPSA) is 93.5 Å². The molecule has 2 N–H and O–H groups in total. The van der Waals surface area contributed by atoms with Crippen molar-refractivity contribution in [2.75, 3.05) is 42.6 Å². The van der Waals surface area contributed by atoms with Gasteiger partial charge < -0.3 is 24.8 Å². The number of rotatable bonds is 9. The molecule has 1 aromatic carbocycles. The van der Waals surface area contributed by atoms with Crippen molar-refractivity contribution in [1.82, 2.24) is 15.1 Å². The number of anilines is 2. The number of hydrogen-bond donors (Lipinski definition) is 1. The van der Waals surface area contributed by atoms with E-state index >= 15 is 0 Å². The van der Waals surface area contributed by atoms with Gasteiger partial charge in [-0.25, -0.2) is 13.8 Å². The third kappa shape index (κ3) is 8.20. The Morgan fingerprint density at radius 3 is 2.46 bits per heavy atom. The van der Waals surface area contributed by atoms with Crippen molar-refractivity contribution in [1.29, 1.82) is 0 Å². The predicted molar refractivity (Wildman–Crippen MR) is 161 cm³/mol. The number of halogens is 4. The standard InChI is InChI=1S/C29H38F2N6O2.2ClH/c1-19(2)28-34-29(39-35-28)36-12-9-20(10-13-36)4-3-15-38-22-6-8-27(33-17-22)37-14-11-23(26(32)18-37)24-16-21(30)5-7-25(24)31;;/h5-8,16-17,19-20,23,26H,3-4,9-15,18,32H2,1-2H3;2*1H/t23-,26+;;/m1../s1.